The predicted octanol–water partition coefficient (Wildman–Crippen LogP) is 1.88. The van der Waals surface area contributed by atoms with Crippen molar-refractivity contribution in [3.8, 4) is 0 Å². The first kappa shape index (κ1) is 17.4. The van der Waals surface area contributed by atoms with E-state index in [1.165, 1.54) is 36.4 Å². The van der Waals surface area contributed by atoms with Crippen molar-refractivity contribution in [3.63, 3.8) is 0 Å². The van der Waals surface area contributed by atoms with Gasteiger partial charge < -0.3 is 15.2 Å². The molecule has 0 bridgehead atoms. The average molecular weight is 390 g/mol. The second-order valence-electron chi connectivity index (χ2n) is 4.66. The number of amides is 1. The Morgan fingerprint density at radius 3 is 2.38 bits per heavy atom. The molecule has 0 aliphatic heterocycles. The lowest BCUT2D eigenvalue weighted by Crippen LogP contribution is -2.35. The third kappa shape index (κ3) is 4.50. The molecule has 0 spiro atoms. The van der Waals surface area contributed by atoms with Gasteiger partial charge in [0.05, 0.1) is 16.6 Å². The number of hydrogen-bond acceptors (Lipinski definition) is 5. The van der Waals surface area contributed by atoms with Crippen LogP contribution in [0.4, 0.5) is 5.69 Å². The number of carboxylic acid groups (broad SMARTS) is 1. The minimum Gasteiger partial charge on any atom is -0.543 e. The molecule has 122 valence electrons. The van der Waals surface area contributed by atoms with E-state index in [2.05, 4.69) is 21.2 Å². The summed E-state index contributed by atoms with van der Waals surface area (Å²) < 4.78 is 0.770. The molecule has 0 aliphatic carbocycles. The van der Waals surface area contributed by atoms with Crippen molar-refractivity contribution in [2.24, 2.45) is 0 Å². The zero-order valence-electron chi connectivity index (χ0n) is 12.1. The largest absolute Gasteiger partial charge is 0.543 e. The number of carbonyl (C=O) groups excluding carboxylic acids is 2. The molecule has 2 aromatic carbocycles. The number of nitro benzene ring substituents is 1. The lowest BCUT2D eigenvalue weighted by atomic mass is 10.1. The number of carbonyl (C=O) groups is 2. The van der Waals surface area contributed by atoms with Gasteiger partial charge in [-0.25, -0.2) is 0 Å². The van der Waals surface area contributed by atoms with Gasteiger partial charge in [0.1, 0.15) is 0 Å². The van der Waals surface area contributed by atoms with Crippen LogP contribution >= 0.6 is 15.9 Å². The first-order chi connectivity index (χ1) is 11.4. The first-order valence-electron chi connectivity index (χ1n) is 6.61. The van der Waals surface area contributed by atoms with Gasteiger partial charge in [0.25, 0.3) is 11.6 Å². The van der Waals surface area contributed by atoms with Crippen LogP contribution in [0.15, 0.2) is 58.7 Å². The van der Waals surface area contributed by atoms with Crippen LogP contribution in [0.5, 0.6) is 0 Å². The van der Waals surface area contributed by atoms with Gasteiger partial charge in [0.15, 0.2) is 0 Å². The van der Waals surface area contributed by atoms with Crippen molar-refractivity contribution in [3.05, 3.63) is 79.9 Å². The molecule has 0 saturated carbocycles. The molecule has 2 aromatic rings. The zero-order chi connectivity index (χ0) is 17.7. The van der Waals surface area contributed by atoms with Gasteiger partial charge in [-0.3, -0.25) is 14.9 Å². The van der Waals surface area contributed by atoms with Crippen molar-refractivity contribution in [1.82, 2.24) is 5.32 Å². The van der Waals surface area contributed by atoms with Crippen LogP contribution in [-0.2, 0) is 4.79 Å². The second-order valence-corrected chi connectivity index (χ2v) is 5.57. The molecule has 0 heterocycles. The molecule has 0 atom stereocenters. The van der Waals surface area contributed by atoms with Crippen LogP contribution in [0.1, 0.15) is 15.9 Å². The fraction of sp³-hybridized carbons (Fsp3) is 0. The molecule has 0 fully saturated rings. The number of aliphatic carboxylic acids is 1. The Balaban J connectivity index is 2.27. The Hall–Kier alpha value is -3.00. The Labute approximate surface area is 144 Å². The van der Waals surface area contributed by atoms with Gasteiger partial charge in [-0.2, -0.15) is 0 Å². The van der Waals surface area contributed by atoms with Crippen LogP contribution in [0, 0.1) is 10.1 Å². The molecule has 0 aliphatic rings. The Morgan fingerprint density at radius 1 is 1.12 bits per heavy atom. The normalized spacial score (nSPS) is 11.0. The highest BCUT2D eigenvalue weighted by Gasteiger charge is 2.10. The van der Waals surface area contributed by atoms with E-state index < -0.39 is 22.5 Å². The van der Waals surface area contributed by atoms with E-state index in [1.54, 1.807) is 12.1 Å². The van der Waals surface area contributed by atoms with Gasteiger partial charge in [0.2, 0.25) is 0 Å². The molecule has 24 heavy (non-hydrogen) atoms. The van der Waals surface area contributed by atoms with Crippen LogP contribution in [0.2, 0.25) is 0 Å². The number of nitrogens with one attached hydrogen (secondary N) is 1. The van der Waals surface area contributed by atoms with Crippen molar-refractivity contribution < 1.29 is 19.6 Å². The average Bonchev–Trinajstić information content (AvgIpc) is 2.55. The lowest BCUT2D eigenvalue weighted by Gasteiger charge is -2.11. The first-order valence-corrected chi connectivity index (χ1v) is 7.40. The number of rotatable bonds is 5. The number of nitro groups is 1. The molecule has 8 heteroatoms. The van der Waals surface area contributed by atoms with Crippen molar-refractivity contribution in [2.75, 3.05) is 0 Å². The van der Waals surface area contributed by atoms with Gasteiger partial charge >= 0.3 is 0 Å². The van der Waals surface area contributed by atoms with Crippen molar-refractivity contribution in [2.45, 2.75) is 0 Å². The molecule has 0 aromatic heterocycles. The summed E-state index contributed by atoms with van der Waals surface area (Å²) in [5.74, 6) is -2.24. The maximum Gasteiger partial charge on any atom is 0.270 e. The summed E-state index contributed by atoms with van der Waals surface area (Å²) in [6.07, 6.45) is 1.10. The number of hydrogen-bond donors (Lipinski definition) is 1. The standard InChI is InChI=1S/C16H11BrN2O5/c17-12-6-4-11(5-7-12)15(20)18-14(16(21)22)9-10-2-1-3-13(8-10)19(23)24/h1-9H,(H,18,20)(H,21,22)/p-1/b14-9-. The van der Waals surface area contributed by atoms with E-state index in [9.17, 15) is 24.8 Å². The smallest absolute Gasteiger partial charge is 0.270 e. The second kappa shape index (κ2) is 7.51. The fourth-order valence-electron chi connectivity index (χ4n) is 1.84. The van der Waals surface area contributed by atoms with Crippen LogP contribution < -0.4 is 10.4 Å². The van der Waals surface area contributed by atoms with Gasteiger partial charge in [-0.1, -0.05) is 28.1 Å². The molecule has 1 N–H and O–H groups in total. The third-order valence-electron chi connectivity index (χ3n) is 2.97. The van der Waals surface area contributed by atoms with Crippen molar-refractivity contribution >= 4 is 39.6 Å². The molecule has 0 unspecified atom stereocenters. The van der Waals surface area contributed by atoms with Gasteiger partial charge in [-0.15, -0.1) is 0 Å². The minimum atomic E-state index is -1.60. The monoisotopic (exact) mass is 389 g/mol. The van der Waals surface area contributed by atoms with Crippen LogP contribution in [-0.4, -0.2) is 16.8 Å². The lowest BCUT2D eigenvalue weighted by molar-refractivity contribution is -0.384. The fourth-order valence-corrected chi connectivity index (χ4v) is 2.10. The summed E-state index contributed by atoms with van der Waals surface area (Å²) in [5, 5.41) is 24.2. The maximum atomic E-state index is 12.1. The maximum absolute atomic E-state index is 12.1. The number of nitrogens with zero attached hydrogens (tertiary/aromatic N) is 1. The number of benzene rings is 2. The van der Waals surface area contributed by atoms with E-state index in [0.29, 0.717) is 0 Å². The summed E-state index contributed by atoms with van der Waals surface area (Å²) in [6.45, 7) is 0. The molecule has 2 rings (SSSR count). The molecule has 0 saturated heterocycles. The van der Waals surface area contributed by atoms with E-state index in [1.807, 2.05) is 0 Å². The Kier molecular flexibility index (Phi) is 5.43. The van der Waals surface area contributed by atoms with Gasteiger partial charge in [-0.05, 0) is 35.9 Å². The Bertz CT molecular complexity index is 831. The predicted molar refractivity (Wildman–Crippen MR) is 87.7 cm³/mol. The van der Waals surface area contributed by atoms with Crippen molar-refractivity contribution in [1.29, 1.82) is 0 Å². The minimum absolute atomic E-state index is 0.194. The van der Waals surface area contributed by atoms with Crippen LogP contribution in [0.25, 0.3) is 6.08 Å². The van der Waals surface area contributed by atoms with E-state index in [0.717, 1.165) is 10.5 Å². The topological polar surface area (TPSA) is 112 Å². The third-order valence-corrected chi connectivity index (χ3v) is 3.50. The highest BCUT2D eigenvalue weighted by atomic mass is 79.9. The Morgan fingerprint density at radius 2 is 1.79 bits per heavy atom. The summed E-state index contributed by atoms with van der Waals surface area (Å²) in [4.78, 5) is 33.4. The highest BCUT2D eigenvalue weighted by molar-refractivity contribution is 9.10. The molecule has 7 nitrogen and oxygen atoms in total. The number of halogens is 1. The van der Waals surface area contributed by atoms with Crippen LogP contribution in [0.3, 0.4) is 0 Å². The summed E-state index contributed by atoms with van der Waals surface area (Å²) in [6, 6.07) is 11.6. The van der Waals surface area contributed by atoms with Gasteiger partial charge in [0, 0.05) is 22.2 Å². The van der Waals surface area contributed by atoms with E-state index in [4.69, 9.17) is 0 Å². The zero-order valence-corrected chi connectivity index (χ0v) is 13.6. The number of carboxylic acids is 1. The number of non-ortho nitro benzene ring substituents is 1. The molecular weight excluding hydrogens is 380 g/mol. The SMILES string of the molecule is O=C([O-])/C(=C/c1cccc([N+](=O)[O-])c1)NC(=O)c1ccc(Br)cc1. The quantitative estimate of drug-likeness (QED) is 0.476. The molecule has 1 amide bonds. The summed E-state index contributed by atoms with van der Waals surface area (Å²) in [7, 11) is 0. The molecular formula is C16H10BrN2O5-. The van der Waals surface area contributed by atoms with E-state index in [-0.39, 0.29) is 16.8 Å². The van der Waals surface area contributed by atoms with E-state index >= 15 is 0 Å². The summed E-state index contributed by atoms with van der Waals surface area (Å²) in [5.41, 5.74) is -0.187. The molecule has 0 radical (unpaired) electrons. The summed E-state index contributed by atoms with van der Waals surface area (Å²) >= 11 is 3.23. The highest BCUT2D eigenvalue weighted by Crippen LogP contribution is 2.16.